The quantitative estimate of drug-likeness (QED) is 0.502. The van der Waals surface area contributed by atoms with Crippen molar-refractivity contribution in [3.8, 4) is 17.2 Å². The lowest BCUT2D eigenvalue weighted by molar-refractivity contribution is 0.102. The van der Waals surface area contributed by atoms with Gasteiger partial charge in [0.2, 0.25) is 0 Å². The monoisotopic (exact) mass is 405 g/mol. The molecule has 0 bridgehead atoms. The third-order valence-electron chi connectivity index (χ3n) is 4.47. The van der Waals surface area contributed by atoms with Gasteiger partial charge in [-0.15, -0.1) is 0 Å². The van der Waals surface area contributed by atoms with Gasteiger partial charge in [0.05, 0.1) is 18.9 Å². The fourth-order valence-corrected chi connectivity index (χ4v) is 2.97. The largest absolute Gasteiger partial charge is 0.493 e. The van der Waals surface area contributed by atoms with Gasteiger partial charge >= 0.3 is 0 Å². The number of hydrogen-bond acceptors (Lipinski definition) is 4. The van der Waals surface area contributed by atoms with Crippen LogP contribution in [0.3, 0.4) is 0 Å². The number of rotatable bonds is 9. The Balaban J connectivity index is 1.78. The summed E-state index contributed by atoms with van der Waals surface area (Å²) in [6.45, 7) is 7.22. The standard InChI is InChI=1S/C25H27NO4/c1-4-28-23-15-12-19(16-20(23)17-30-21-13-10-18(3)11-14-21)25(27)26-22-8-6-7-9-24(22)29-5-2/h6-16H,4-5,17H2,1-3H3,(H,26,27). The first-order valence-corrected chi connectivity index (χ1v) is 10.1. The molecule has 3 rings (SSSR count). The molecular formula is C25H27NO4. The minimum absolute atomic E-state index is 0.221. The Labute approximate surface area is 177 Å². The average Bonchev–Trinajstić information content (AvgIpc) is 2.76. The van der Waals surface area contributed by atoms with Crippen LogP contribution >= 0.6 is 0 Å². The summed E-state index contributed by atoms with van der Waals surface area (Å²) >= 11 is 0. The van der Waals surface area contributed by atoms with Gasteiger partial charge in [0.1, 0.15) is 23.9 Å². The molecule has 0 aliphatic rings. The fraction of sp³-hybridized carbons (Fsp3) is 0.240. The number of carbonyl (C=O) groups excluding carboxylic acids is 1. The molecule has 0 fully saturated rings. The van der Waals surface area contributed by atoms with Gasteiger partial charge in [-0.1, -0.05) is 29.8 Å². The van der Waals surface area contributed by atoms with Gasteiger partial charge < -0.3 is 19.5 Å². The highest BCUT2D eigenvalue weighted by molar-refractivity contribution is 6.05. The second-order valence-electron chi connectivity index (χ2n) is 6.74. The molecule has 1 N–H and O–H groups in total. The first-order chi connectivity index (χ1) is 14.6. The Bertz CT molecular complexity index is 983. The lowest BCUT2D eigenvalue weighted by Crippen LogP contribution is -2.14. The van der Waals surface area contributed by atoms with Gasteiger partial charge in [-0.25, -0.2) is 0 Å². The number of aryl methyl sites for hydroxylation is 1. The van der Waals surface area contributed by atoms with Crippen LogP contribution in [0.1, 0.15) is 35.3 Å². The van der Waals surface area contributed by atoms with Crippen molar-refractivity contribution in [3.05, 3.63) is 83.4 Å². The summed E-state index contributed by atoms with van der Waals surface area (Å²) in [6, 6.07) is 20.6. The molecule has 3 aromatic carbocycles. The molecule has 0 heterocycles. The number of hydrogen-bond donors (Lipinski definition) is 1. The van der Waals surface area contributed by atoms with Crippen LogP contribution in [-0.2, 0) is 6.61 Å². The Morgan fingerprint density at radius 2 is 1.53 bits per heavy atom. The molecule has 0 spiro atoms. The van der Waals surface area contributed by atoms with Crippen LogP contribution < -0.4 is 19.5 Å². The maximum atomic E-state index is 12.9. The average molecular weight is 405 g/mol. The van der Waals surface area contributed by atoms with E-state index in [2.05, 4.69) is 5.32 Å². The molecule has 5 nitrogen and oxygen atoms in total. The molecule has 0 atom stereocenters. The van der Waals surface area contributed by atoms with E-state index in [-0.39, 0.29) is 5.91 Å². The maximum Gasteiger partial charge on any atom is 0.255 e. The van der Waals surface area contributed by atoms with E-state index in [4.69, 9.17) is 14.2 Å². The predicted molar refractivity (Wildman–Crippen MR) is 119 cm³/mol. The molecular weight excluding hydrogens is 378 g/mol. The first kappa shape index (κ1) is 21.2. The topological polar surface area (TPSA) is 56.8 Å². The van der Waals surface area contributed by atoms with E-state index in [9.17, 15) is 4.79 Å². The molecule has 0 aliphatic carbocycles. The van der Waals surface area contributed by atoms with Crippen molar-refractivity contribution in [3.63, 3.8) is 0 Å². The lowest BCUT2D eigenvalue weighted by Gasteiger charge is -2.14. The number of benzene rings is 3. The van der Waals surface area contributed by atoms with E-state index in [1.807, 2.05) is 69.3 Å². The number of nitrogens with one attached hydrogen (secondary N) is 1. The van der Waals surface area contributed by atoms with Crippen molar-refractivity contribution < 1.29 is 19.0 Å². The smallest absolute Gasteiger partial charge is 0.255 e. The van der Waals surface area contributed by atoms with E-state index in [0.29, 0.717) is 42.6 Å². The Morgan fingerprint density at radius 1 is 0.833 bits per heavy atom. The number of carbonyl (C=O) groups is 1. The molecule has 0 aromatic heterocycles. The molecule has 0 saturated heterocycles. The zero-order chi connectivity index (χ0) is 21.3. The third kappa shape index (κ3) is 5.54. The minimum atomic E-state index is -0.221. The Kier molecular flexibility index (Phi) is 7.33. The normalized spacial score (nSPS) is 10.4. The van der Waals surface area contributed by atoms with Crippen LogP contribution in [-0.4, -0.2) is 19.1 Å². The summed E-state index contributed by atoms with van der Waals surface area (Å²) in [5.41, 5.74) is 3.13. The number of para-hydroxylation sites is 2. The van der Waals surface area contributed by atoms with Crippen LogP contribution in [0.4, 0.5) is 5.69 Å². The summed E-state index contributed by atoms with van der Waals surface area (Å²) < 4.78 is 17.2. The fourth-order valence-electron chi connectivity index (χ4n) is 2.97. The van der Waals surface area contributed by atoms with Crippen molar-refractivity contribution in [1.29, 1.82) is 0 Å². The minimum Gasteiger partial charge on any atom is -0.493 e. The number of amides is 1. The molecule has 0 unspecified atom stereocenters. The summed E-state index contributed by atoms with van der Waals surface area (Å²) in [5, 5.41) is 2.92. The molecule has 3 aromatic rings. The highest BCUT2D eigenvalue weighted by Gasteiger charge is 2.13. The highest BCUT2D eigenvalue weighted by Crippen LogP contribution is 2.26. The highest BCUT2D eigenvalue weighted by atomic mass is 16.5. The van der Waals surface area contributed by atoms with Gasteiger partial charge in [0.25, 0.3) is 5.91 Å². The molecule has 0 saturated carbocycles. The Hall–Kier alpha value is -3.47. The molecule has 0 radical (unpaired) electrons. The van der Waals surface area contributed by atoms with Gasteiger partial charge in [-0.05, 0) is 63.2 Å². The molecule has 5 heteroatoms. The van der Waals surface area contributed by atoms with Crippen molar-refractivity contribution in [2.24, 2.45) is 0 Å². The second-order valence-corrected chi connectivity index (χ2v) is 6.74. The molecule has 0 aliphatic heterocycles. The number of ether oxygens (including phenoxy) is 3. The first-order valence-electron chi connectivity index (χ1n) is 10.1. The van der Waals surface area contributed by atoms with Gasteiger partial charge in [0, 0.05) is 11.1 Å². The zero-order valence-corrected chi connectivity index (χ0v) is 17.6. The van der Waals surface area contributed by atoms with Crippen LogP contribution in [0, 0.1) is 6.92 Å². The summed E-state index contributed by atoms with van der Waals surface area (Å²) in [5.74, 6) is 1.89. The summed E-state index contributed by atoms with van der Waals surface area (Å²) in [4.78, 5) is 12.9. The van der Waals surface area contributed by atoms with Crippen LogP contribution in [0.15, 0.2) is 66.7 Å². The van der Waals surface area contributed by atoms with E-state index < -0.39 is 0 Å². The predicted octanol–water partition coefficient (Wildman–Crippen LogP) is 5.62. The second kappa shape index (κ2) is 10.3. The van der Waals surface area contributed by atoms with Crippen LogP contribution in [0.5, 0.6) is 17.2 Å². The molecule has 156 valence electrons. The molecule has 30 heavy (non-hydrogen) atoms. The van der Waals surface area contributed by atoms with E-state index in [0.717, 1.165) is 11.3 Å². The van der Waals surface area contributed by atoms with Crippen molar-refractivity contribution in [2.45, 2.75) is 27.4 Å². The van der Waals surface area contributed by atoms with Crippen molar-refractivity contribution in [1.82, 2.24) is 0 Å². The van der Waals surface area contributed by atoms with E-state index in [1.165, 1.54) is 5.56 Å². The maximum absolute atomic E-state index is 12.9. The van der Waals surface area contributed by atoms with Gasteiger partial charge in [0.15, 0.2) is 0 Å². The lowest BCUT2D eigenvalue weighted by atomic mass is 10.1. The zero-order valence-electron chi connectivity index (χ0n) is 17.6. The SMILES string of the molecule is CCOc1ccc(C(=O)Nc2ccccc2OCC)cc1COc1ccc(C)cc1. The van der Waals surface area contributed by atoms with E-state index in [1.54, 1.807) is 18.2 Å². The van der Waals surface area contributed by atoms with Crippen molar-refractivity contribution in [2.75, 3.05) is 18.5 Å². The van der Waals surface area contributed by atoms with Gasteiger partial charge in [-0.3, -0.25) is 4.79 Å². The van der Waals surface area contributed by atoms with E-state index >= 15 is 0 Å². The third-order valence-corrected chi connectivity index (χ3v) is 4.47. The molecule has 1 amide bonds. The van der Waals surface area contributed by atoms with Crippen LogP contribution in [0.2, 0.25) is 0 Å². The number of anilines is 1. The van der Waals surface area contributed by atoms with Crippen LogP contribution in [0.25, 0.3) is 0 Å². The summed E-state index contributed by atoms with van der Waals surface area (Å²) in [6.07, 6.45) is 0. The van der Waals surface area contributed by atoms with Crippen molar-refractivity contribution >= 4 is 11.6 Å². The summed E-state index contributed by atoms with van der Waals surface area (Å²) in [7, 11) is 0. The Morgan fingerprint density at radius 3 is 2.27 bits per heavy atom. The van der Waals surface area contributed by atoms with Gasteiger partial charge in [-0.2, -0.15) is 0 Å².